The zero-order chi connectivity index (χ0) is 15.1. The molecule has 0 amide bonds. The molecule has 0 saturated heterocycles. The van der Waals surface area contributed by atoms with E-state index >= 15 is 0 Å². The van der Waals surface area contributed by atoms with Gasteiger partial charge in [0.15, 0.2) is 0 Å². The van der Waals surface area contributed by atoms with E-state index in [0.717, 1.165) is 18.8 Å². The predicted molar refractivity (Wildman–Crippen MR) is 89.8 cm³/mol. The molecule has 2 nitrogen and oxygen atoms in total. The lowest BCUT2D eigenvalue weighted by atomic mass is 9.98. The third kappa shape index (κ3) is 4.33. The number of hydrogen-bond acceptors (Lipinski definition) is 2. The summed E-state index contributed by atoms with van der Waals surface area (Å²) in [5, 5.41) is 3.44. The van der Waals surface area contributed by atoms with Gasteiger partial charge in [0, 0.05) is 6.54 Å². The Bertz CT molecular complexity index is 578. The fourth-order valence-electron chi connectivity index (χ4n) is 2.49. The van der Waals surface area contributed by atoms with Crippen LogP contribution in [0.5, 0.6) is 5.75 Å². The van der Waals surface area contributed by atoms with Crippen molar-refractivity contribution in [3.63, 3.8) is 0 Å². The van der Waals surface area contributed by atoms with Gasteiger partial charge in [-0.15, -0.1) is 0 Å². The van der Waals surface area contributed by atoms with Gasteiger partial charge in [0.1, 0.15) is 5.75 Å². The van der Waals surface area contributed by atoms with Crippen molar-refractivity contribution in [3.8, 4) is 16.9 Å². The van der Waals surface area contributed by atoms with Gasteiger partial charge in [0.25, 0.3) is 0 Å². The molecular weight excluding hydrogens is 258 g/mol. The summed E-state index contributed by atoms with van der Waals surface area (Å²) in [5.74, 6) is 0.933. The minimum atomic E-state index is 0.699. The van der Waals surface area contributed by atoms with Crippen LogP contribution in [0.15, 0.2) is 42.5 Å². The Kier molecular flexibility index (Phi) is 5.82. The molecule has 0 atom stereocenters. The SMILES string of the molecule is CCCNCc1ccc(-c2cccc(OCC)c2)c(C)c1. The lowest BCUT2D eigenvalue weighted by Gasteiger charge is -2.11. The Morgan fingerprint density at radius 2 is 1.90 bits per heavy atom. The highest BCUT2D eigenvalue weighted by Gasteiger charge is 2.04. The molecule has 112 valence electrons. The van der Waals surface area contributed by atoms with Crippen LogP contribution in [-0.2, 0) is 6.54 Å². The summed E-state index contributed by atoms with van der Waals surface area (Å²) in [7, 11) is 0. The van der Waals surface area contributed by atoms with Gasteiger partial charge in [-0.25, -0.2) is 0 Å². The van der Waals surface area contributed by atoms with Crippen LogP contribution >= 0.6 is 0 Å². The van der Waals surface area contributed by atoms with E-state index in [1.54, 1.807) is 0 Å². The average Bonchev–Trinajstić information content (AvgIpc) is 2.48. The van der Waals surface area contributed by atoms with Crippen LogP contribution in [0, 0.1) is 6.92 Å². The Hall–Kier alpha value is -1.80. The molecule has 21 heavy (non-hydrogen) atoms. The average molecular weight is 283 g/mol. The van der Waals surface area contributed by atoms with Crippen LogP contribution in [0.2, 0.25) is 0 Å². The summed E-state index contributed by atoms with van der Waals surface area (Å²) >= 11 is 0. The fourth-order valence-corrected chi connectivity index (χ4v) is 2.49. The van der Waals surface area contributed by atoms with E-state index in [0.29, 0.717) is 6.61 Å². The van der Waals surface area contributed by atoms with Crippen molar-refractivity contribution < 1.29 is 4.74 Å². The third-order valence-electron chi connectivity index (χ3n) is 3.50. The van der Waals surface area contributed by atoms with Crippen LogP contribution < -0.4 is 10.1 Å². The van der Waals surface area contributed by atoms with Gasteiger partial charge in [0.2, 0.25) is 0 Å². The van der Waals surface area contributed by atoms with E-state index in [4.69, 9.17) is 4.74 Å². The first-order valence-corrected chi connectivity index (χ1v) is 7.78. The molecule has 2 heteroatoms. The molecule has 0 aliphatic rings. The molecular formula is C19H25NO. The second-order valence-electron chi connectivity index (χ2n) is 5.29. The summed E-state index contributed by atoms with van der Waals surface area (Å²) in [6, 6.07) is 15.0. The molecule has 0 heterocycles. The molecule has 2 rings (SSSR count). The largest absolute Gasteiger partial charge is 0.494 e. The van der Waals surface area contributed by atoms with Crippen molar-refractivity contribution >= 4 is 0 Å². The van der Waals surface area contributed by atoms with Crippen molar-refractivity contribution in [1.82, 2.24) is 5.32 Å². The smallest absolute Gasteiger partial charge is 0.119 e. The van der Waals surface area contributed by atoms with Crippen LogP contribution in [0.1, 0.15) is 31.4 Å². The van der Waals surface area contributed by atoms with E-state index in [1.165, 1.54) is 28.7 Å². The number of hydrogen-bond donors (Lipinski definition) is 1. The van der Waals surface area contributed by atoms with Crippen LogP contribution in [0.3, 0.4) is 0 Å². The molecule has 2 aromatic carbocycles. The van der Waals surface area contributed by atoms with Gasteiger partial charge < -0.3 is 10.1 Å². The predicted octanol–water partition coefficient (Wildman–Crippen LogP) is 4.56. The highest BCUT2D eigenvalue weighted by atomic mass is 16.5. The van der Waals surface area contributed by atoms with Crippen molar-refractivity contribution in [2.24, 2.45) is 0 Å². The first-order chi connectivity index (χ1) is 10.2. The number of ether oxygens (including phenoxy) is 1. The topological polar surface area (TPSA) is 21.3 Å². The molecule has 0 radical (unpaired) electrons. The molecule has 0 bridgehead atoms. The summed E-state index contributed by atoms with van der Waals surface area (Å²) in [4.78, 5) is 0. The van der Waals surface area contributed by atoms with Gasteiger partial charge in [-0.2, -0.15) is 0 Å². The highest BCUT2D eigenvalue weighted by Crippen LogP contribution is 2.27. The first-order valence-electron chi connectivity index (χ1n) is 7.78. The monoisotopic (exact) mass is 283 g/mol. The molecule has 0 aliphatic heterocycles. The molecule has 1 N–H and O–H groups in total. The van der Waals surface area contributed by atoms with Gasteiger partial charge in [-0.05, 0) is 61.2 Å². The minimum absolute atomic E-state index is 0.699. The number of rotatable bonds is 7. The van der Waals surface area contributed by atoms with Gasteiger partial charge >= 0.3 is 0 Å². The molecule has 0 spiro atoms. The Labute approximate surface area is 128 Å². The Morgan fingerprint density at radius 1 is 1.05 bits per heavy atom. The van der Waals surface area contributed by atoms with E-state index in [-0.39, 0.29) is 0 Å². The van der Waals surface area contributed by atoms with E-state index in [9.17, 15) is 0 Å². The summed E-state index contributed by atoms with van der Waals surface area (Å²) in [6.07, 6.45) is 1.17. The first kappa shape index (κ1) is 15.6. The Morgan fingerprint density at radius 3 is 2.62 bits per heavy atom. The molecule has 0 unspecified atom stereocenters. The van der Waals surface area contributed by atoms with E-state index in [2.05, 4.69) is 55.6 Å². The maximum absolute atomic E-state index is 5.59. The highest BCUT2D eigenvalue weighted by molar-refractivity contribution is 5.68. The van der Waals surface area contributed by atoms with Crippen LogP contribution in [0.25, 0.3) is 11.1 Å². The molecule has 0 fully saturated rings. The second kappa shape index (κ2) is 7.84. The van der Waals surface area contributed by atoms with Crippen molar-refractivity contribution in [2.75, 3.05) is 13.2 Å². The number of benzene rings is 2. The normalized spacial score (nSPS) is 10.6. The molecule has 0 aliphatic carbocycles. The maximum Gasteiger partial charge on any atom is 0.119 e. The number of aryl methyl sites for hydroxylation is 1. The maximum atomic E-state index is 5.59. The lowest BCUT2D eigenvalue weighted by Crippen LogP contribution is -2.13. The van der Waals surface area contributed by atoms with Gasteiger partial charge in [-0.3, -0.25) is 0 Å². The zero-order valence-electron chi connectivity index (χ0n) is 13.3. The summed E-state index contributed by atoms with van der Waals surface area (Å²) in [6.45, 7) is 9.07. The van der Waals surface area contributed by atoms with Crippen molar-refractivity contribution in [2.45, 2.75) is 33.7 Å². The standard InChI is InChI=1S/C19H25NO/c1-4-11-20-14-16-9-10-19(15(3)12-16)17-7-6-8-18(13-17)21-5-2/h6-10,12-13,20H,4-5,11,14H2,1-3H3. The molecule has 0 aromatic heterocycles. The van der Waals surface area contributed by atoms with Gasteiger partial charge in [0.05, 0.1) is 6.61 Å². The fraction of sp³-hybridized carbons (Fsp3) is 0.368. The Balaban J connectivity index is 2.18. The lowest BCUT2D eigenvalue weighted by molar-refractivity contribution is 0.340. The van der Waals surface area contributed by atoms with Crippen LogP contribution in [0.4, 0.5) is 0 Å². The molecule has 2 aromatic rings. The van der Waals surface area contributed by atoms with Gasteiger partial charge in [-0.1, -0.05) is 37.3 Å². The van der Waals surface area contributed by atoms with Crippen LogP contribution in [-0.4, -0.2) is 13.2 Å². The summed E-state index contributed by atoms with van der Waals surface area (Å²) < 4.78 is 5.59. The van der Waals surface area contributed by atoms with Crippen molar-refractivity contribution in [3.05, 3.63) is 53.6 Å². The van der Waals surface area contributed by atoms with Crippen molar-refractivity contribution in [1.29, 1.82) is 0 Å². The number of nitrogens with one attached hydrogen (secondary N) is 1. The molecule has 0 saturated carbocycles. The summed E-state index contributed by atoms with van der Waals surface area (Å²) in [5.41, 5.74) is 5.13. The quantitative estimate of drug-likeness (QED) is 0.752. The van der Waals surface area contributed by atoms with E-state index in [1.807, 2.05) is 13.0 Å². The minimum Gasteiger partial charge on any atom is -0.494 e. The third-order valence-corrected chi connectivity index (χ3v) is 3.50. The van der Waals surface area contributed by atoms with E-state index < -0.39 is 0 Å². The second-order valence-corrected chi connectivity index (χ2v) is 5.29. The zero-order valence-corrected chi connectivity index (χ0v) is 13.3.